The van der Waals surface area contributed by atoms with Crippen LogP contribution in [-0.2, 0) is 23.9 Å². The van der Waals surface area contributed by atoms with Gasteiger partial charge in [0.05, 0.1) is 13.7 Å². The Hall–Kier alpha value is -3.40. The minimum atomic E-state index is -1.21. The zero-order valence-electron chi connectivity index (χ0n) is 21.3. The molecule has 0 spiro atoms. The number of aliphatic hydroxyl groups is 1. The summed E-state index contributed by atoms with van der Waals surface area (Å²) in [6.45, 7) is 11.3. The number of aliphatic hydroxyl groups excluding tert-OH is 1. The van der Waals surface area contributed by atoms with Crippen molar-refractivity contribution in [2.75, 3.05) is 26.8 Å². The summed E-state index contributed by atoms with van der Waals surface area (Å²) >= 11 is 0. The predicted molar refractivity (Wildman–Crippen MR) is 131 cm³/mol. The standard InChI is InChI=1S/C25H37N3O7/c1-8-17-10-9-11-18(14-17)21(22(31)26-15-19(30)34-7)28(12-13-29)23(32)20(16(2)3)27-24(33)35-25(4,5)6/h8-11,14,16,20-21,29H,1,12-13,15H2,2-7H3,(H,26,31)(H,27,33). The maximum atomic E-state index is 13.7. The molecule has 0 saturated heterocycles. The van der Waals surface area contributed by atoms with Gasteiger partial charge in [0.2, 0.25) is 11.8 Å². The van der Waals surface area contributed by atoms with Crippen molar-refractivity contribution in [1.29, 1.82) is 0 Å². The van der Waals surface area contributed by atoms with Gasteiger partial charge < -0.3 is 30.1 Å². The number of carbonyl (C=O) groups excluding carboxylic acids is 4. The molecule has 3 amide bonds. The molecule has 194 valence electrons. The lowest BCUT2D eigenvalue weighted by Gasteiger charge is -2.35. The van der Waals surface area contributed by atoms with Gasteiger partial charge >= 0.3 is 12.1 Å². The summed E-state index contributed by atoms with van der Waals surface area (Å²) in [5.41, 5.74) is 0.365. The van der Waals surface area contributed by atoms with Crippen molar-refractivity contribution < 1.29 is 33.8 Å². The first-order valence-electron chi connectivity index (χ1n) is 11.3. The molecule has 35 heavy (non-hydrogen) atoms. The Kier molecular flexibility index (Phi) is 11.4. The zero-order valence-corrected chi connectivity index (χ0v) is 21.3. The summed E-state index contributed by atoms with van der Waals surface area (Å²) < 4.78 is 9.88. The van der Waals surface area contributed by atoms with Gasteiger partial charge in [-0.3, -0.25) is 14.4 Å². The van der Waals surface area contributed by atoms with Crippen LogP contribution in [0.5, 0.6) is 0 Å². The number of hydrogen-bond donors (Lipinski definition) is 3. The van der Waals surface area contributed by atoms with E-state index in [1.165, 1.54) is 12.0 Å². The lowest BCUT2D eigenvalue weighted by molar-refractivity contribution is -0.145. The van der Waals surface area contributed by atoms with Crippen LogP contribution in [0.1, 0.15) is 51.8 Å². The lowest BCUT2D eigenvalue weighted by Crippen LogP contribution is -2.55. The first-order chi connectivity index (χ1) is 16.3. The van der Waals surface area contributed by atoms with E-state index in [0.29, 0.717) is 11.1 Å². The molecule has 0 aliphatic carbocycles. The summed E-state index contributed by atoms with van der Waals surface area (Å²) in [6, 6.07) is 4.56. The van der Waals surface area contributed by atoms with Crippen molar-refractivity contribution in [3.63, 3.8) is 0 Å². The van der Waals surface area contributed by atoms with E-state index in [-0.39, 0.29) is 12.5 Å². The van der Waals surface area contributed by atoms with Gasteiger partial charge in [0.1, 0.15) is 24.2 Å². The van der Waals surface area contributed by atoms with E-state index in [9.17, 15) is 24.3 Å². The van der Waals surface area contributed by atoms with Crippen LogP contribution in [0.2, 0.25) is 0 Å². The highest BCUT2D eigenvalue weighted by Gasteiger charge is 2.37. The van der Waals surface area contributed by atoms with Gasteiger partial charge in [0.25, 0.3) is 0 Å². The number of methoxy groups -OCH3 is 1. The van der Waals surface area contributed by atoms with Crippen LogP contribution >= 0.6 is 0 Å². The molecule has 2 unspecified atom stereocenters. The Morgan fingerprint density at radius 2 is 1.86 bits per heavy atom. The van der Waals surface area contributed by atoms with E-state index in [1.54, 1.807) is 65.0 Å². The Morgan fingerprint density at radius 1 is 1.20 bits per heavy atom. The van der Waals surface area contributed by atoms with Crippen molar-refractivity contribution in [2.24, 2.45) is 5.92 Å². The smallest absolute Gasteiger partial charge is 0.408 e. The quantitative estimate of drug-likeness (QED) is 0.403. The molecule has 3 N–H and O–H groups in total. The summed E-state index contributed by atoms with van der Waals surface area (Å²) in [4.78, 5) is 52.2. The van der Waals surface area contributed by atoms with Crippen LogP contribution in [0, 0.1) is 5.92 Å². The Balaban J connectivity index is 3.44. The first kappa shape index (κ1) is 29.6. The highest BCUT2D eigenvalue weighted by molar-refractivity contribution is 5.93. The number of hydrogen-bond acceptors (Lipinski definition) is 7. The molecule has 0 radical (unpaired) electrons. The maximum Gasteiger partial charge on any atom is 0.408 e. The van der Waals surface area contributed by atoms with Crippen LogP contribution in [0.25, 0.3) is 6.08 Å². The number of ether oxygens (including phenoxy) is 2. The van der Waals surface area contributed by atoms with E-state index >= 15 is 0 Å². The zero-order chi connectivity index (χ0) is 26.8. The molecule has 1 rings (SSSR count). The number of rotatable bonds is 11. The molecule has 10 nitrogen and oxygen atoms in total. The van der Waals surface area contributed by atoms with Gasteiger partial charge in [-0.25, -0.2) is 4.79 Å². The molecule has 0 bridgehead atoms. The first-order valence-corrected chi connectivity index (χ1v) is 11.3. The summed E-state index contributed by atoms with van der Waals surface area (Å²) in [5, 5.41) is 14.8. The monoisotopic (exact) mass is 491 g/mol. The number of esters is 1. The van der Waals surface area contributed by atoms with Gasteiger partial charge in [-0.15, -0.1) is 0 Å². The fraction of sp³-hybridized carbons (Fsp3) is 0.520. The van der Waals surface area contributed by atoms with Gasteiger partial charge in [-0.2, -0.15) is 0 Å². The molecular weight excluding hydrogens is 454 g/mol. The minimum Gasteiger partial charge on any atom is -0.468 e. The second kappa shape index (κ2) is 13.5. The van der Waals surface area contributed by atoms with Gasteiger partial charge in [0, 0.05) is 6.54 Å². The fourth-order valence-electron chi connectivity index (χ4n) is 3.26. The minimum absolute atomic E-state index is 0.202. The number of nitrogens with one attached hydrogen (secondary N) is 2. The predicted octanol–water partition coefficient (Wildman–Crippen LogP) is 2.03. The Bertz CT molecular complexity index is 909. The van der Waals surface area contributed by atoms with E-state index in [4.69, 9.17) is 4.74 Å². The molecule has 10 heteroatoms. The van der Waals surface area contributed by atoms with Gasteiger partial charge in [0.15, 0.2) is 0 Å². The summed E-state index contributed by atoms with van der Waals surface area (Å²) in [7, 11) is 1.19. The van der Waals surface area contributed by atoms with Crippen LogP contribution in [0.3, 0.4) is 0 Å². The van der Waals surface area contributed by atoms with E-state index < -0.39 is 54.7 Å². The van der Waals surface area contributed by atoms with Crippen LogP contribution in [-0.4, -0.2) is 72.3 Å². The van der Waals surface area contributed by atoms with Crippen LogP contribution in [0.15, 0.2) is 30.8 Å². The van der Waals surface area contributed by atoms with Gasteiger partial charge in [-0.1, -0.05) is 44.7 Å². The molecule has 0 aromatic heterocycles. The SMILES string of the molecule is C=Cc1cccc(C(C(=O)NCC(=O)OC)N(CCO)C(=O)C(NC(=O)OC(C)(C)C)C(C)C)c1. The Morgan fingerprint density at radius 3 is 2.37 bits per heavy atom. The number of benzene rings is 1. The van der Waals surface area contributed by atoms with E-state index in [2.05, 4.69) is 21.9 Å². The van der Waals surface area contributed by atoms with E-state index in [0.717, 1.165) is 0 Å². The summed E-state index contributed by atoms with van der Waals surface area (Å²) in [6.07, 6.45) is 0.806. The number of alkyl carbamates (subject to hydrolysis) is 1. The third kappa shape index (κ3) is 9.40. The lowest BCUT2D eigenvalue weighted by atomic mass is 9.97. The highest BCUT2D eigenvalue weighted by Crippen LogP contribution is 2.25. The second-order valence-corrected chi connectivity index (χ2v) is 9.19. The molecule has 0 aliphatic heterocycles. The van der Waals surface area contributed by atoms with Crippen LogP contribution < -0.4 is 10.6 Å². The maximum absolute atomic E-state index is 13.7. The summed E-state index contributed by atoms with van der Waals surface area (Å²) in [5.74, 6) is -2.28. The van der Waals surface area contributed by atoms with Crippen molar-refractivity contribution in [3.05, 3.63) is 42.0 Å². The second-order valence-electron chi connectivity index (χ2n) is 9.19. The fourth-order valence-corrected chi connectivity index (χ4v) is 3.26. The molecule has 0 heterocycles. The van der Waals surface area contributed by atoms with Crippen LogP contribution in [0.4, 0.5) is 4.79 Å². The molecule has 2 atom stereocenters. The molecule has 1 aromatic carbocycles. The molecule has 0 aliphatic rings. The van der Waals surface area contributed by atoms with Gasteiger partial charge in [-0.05, 0) is 43.9 Å². The highest BCUT2D eigenvalue weighted by atomic mass is 16.6. The molecule has 0 fully saturated rings. The van der Waals surface area contributed by atoms with Crippen molar-refractivity contribution >= 4 is 30.0 Å². The Labute approximate surface area is 206 Å². The van der Waals surface area contributed by atoms with Crippen molar-refractivity contribution in [2.45, 2.75) is 52.3 Å². The average molecular weight is 492 g/mol. The number of nitrogens with zero attached hydrogens (tertiary/aromatic N) is 1. The van der Waals surface area contributed by atoms with Crippen molar-refractivity contribution in [1.82, 2.24) is 15.5 Å². The number of amides is 3. The normalized spacial score (nSPS) is 12.8. The number of carbonyl (C=O) groups is 4. The van der Waals surface area contributed by atoms with Crippen molar-refractivity contribution in [3.8, 4) is 0 Å². The molecule has 1 aromatic rings. The van der Waals surface area contributed by atoms with E-state index in [1.807, 2.05) is 0 Å². The average Bonchev–Trinajstić information content (AvgIpc) is 2.79. The molecule has 0 saturated carbocycles. The largest absolute Gasteiger partial charge is 0.468 e. The third-order valence-corrected chi connectivity index (χ3v) is 4.89. The molecular formula is C25H37N3O7. The topological polar surface area (TPSA) is 134 Å². The third-order valence-electron chi connectivity index (χ3n) is 4.89.